The standard InChI is InChI=1S/C17H20BrN3O4/c1-4-13(11-5-7-12(18)8-6-11)19-14(22)9-20-15(23)16(24)21(10(2)3)17(20)25/h5-8,10,13H,4,9H2,1-3H3,(H,19,22)/t13-/m0/s1. The fraction of sp³-hybridized carbons (Fsp3) is 0.412. The quantitative estimate of drug-likeness (QED) is 0.576. The molecule has 1 aromatic rings. The van der Waals surface area contributed by atoms with Crippen LogP contribution in [0.5, 0.6) is 0 Å². The lowest BCUT2D eigenvalue weighted by atomic mass is 10.0. The fourth-order valence-electron chi connectivity index (χ4n) is 2.62. The Morgan fingerprint density at radius 1 is 1.12 bits per heavy atom. The second-order valence-corrected chi connectivity index (χ2v) is 6.94. The molecule has 1 heterocycles. The number of halogens is 1. The Kier molecular flexibility index (Phi) is 5.94. The van der Waals surface area contributed by atoms with Gasteiger partial charge < -0.3 is 5.32 Å². The largest absolute Gasteiger partial charge is 0.348 e. The van der Waals surface area contributed by atoms with Crippen LogP contribution >= 0.6 is 15.9 Å². The molecule has 0 spiro atoms. The van der Waals surface area contributed by atoms with Gasteiger partial charge in [0.05, 0.1) is 6.04 Å². The van der Waals surface area contributed by atoms with Crippen LogP contribution in [0.2, 0.25) is 0 Å². The van der Waals surface area contributed by atoms with Crippen LogP contribution in [0.25, 0.3) is 0 Å². The number of imide groups is 2. The average Bonchev–Trinajstić information content (AvgIpc) is 2.77. The predicted octanol–water partition coefficient (Wildman–Crippen LogP) is 2.22. The van der Waals surface area contributed by atoms with Gasteiger partial charge in [0.2, 0.25) is 5.91 Å². The molecule has 0 unspecified atom stereocenters. The number of hydrogen-bond donors (Lipinski definition) is 1. The Balaban J connectivity index is 2.06. The maximum absolute atomic E-state index is 12.3. The summed E-state index contributed by atoms with van der Waals surface area (Å²) in [6.45, 7) is 4.71. The van der Waals surface area contributed by atoms with Crippen molar-refractivity contribution in [2.24, 2.45) is 0 Å². The number of nitrogens with zero attached hydrogens (tertiary/aromatic N) is 2. The third-order valence-electron chi connectivity index (χ3n) is 3.92. The van der Waals surface area contributed by atoms with E-state index in [0.29, 0.717) is 11.3 Å². The highest BCUT2D eigenvalue weighted by Gasteiger charge is 2.46. The van der Waals surface area contributed by atoms with Gasteiger partial charge in [-0.3, -0.25) is 19.3 Å². The lowest BCUT2D eigenvalue weighted by molar-refractivity contribution is -0.144. The fourth-order valence-corrected chi connectivity index (χ4v) is 2.88. The van der Waals surface area contributed by atoms with E-state index in [1.165, 1.54) is 0 Å². The van der Waals surface area contributed by atoms with Gasteiger partial charge in [-0.1, -0.05) is 35.0 Å². The minimum absolute atomic E-state index is 0.245. The second kappa shape index (κ2) is 7.77. The number of hydrogen-bond acceptors (Lipinski definition) is 4. The van der Waals surface area contributed by atoms with Gasteiger partial charge >= 0.3 is 17.8 Å². The van der Waals surface area contributed by atoms with Crippen molar-refractivity contribution in [2.75, 3.05) is 6.54 Å². The molecule has 2 rings (SSSR count). The molecule has 1 fully saturated rings. The topological polar surface area (TPSA) is 86.8 Å². The molecule has 0 saturated carbocycles. The molecule has 1 aliphatic heterocycles. The Morgan fingerprint density at radius 2 is 1.72 bits per heavy atom. The van der Waals surface area contributed by atoms with Crippen LogP contribution in [0.3, 0.4) is 0 Å². The van der Waals surface area contributed by atoms with E-state index in [1.54, 1.807) is 13.8 Å². The second-order valence-electron chi connectivity index (χ2n) is 6.02. The van der Waals surface area contributed by atoms with E-state index in [4.69, 9.17) is 0 Å². The first-order valence-corrected chi connectivity index (χ1v) is 8.79. The number of rotatable bonds is 6. The summed E-state index contributed by atoms with van der Waals surface area (Å²) in [6.07, 6.45) is 0.645. The van der Waals surface area contributed by atoms with E-state index in [2.05, 4.69) is 21.2 Å². The zero-order valence-electron chi connectivity index (χ0n) is 14.3. The van der Waals surface area contributed by atoms with Crippen molar-refractivity contribution in [3.63, 3.8) is 0 Å². The van der Waals surface area contributed by atoms with Crippen molar-refractivity contribution < 1.29 is 19.2 Å². The molecular formula is C17H20BrN3O4. The summed E-state index contributed by atoms with van der Waals surface area (Å²) in [7, 11) is 0. The minimum Gasteiger partial charge on any atom is -0.348 e. The SMILES string of the molecule is CC[C@H](NC(=O)CN1C(=O)C(=O)N(C(C)C)C1=O)c1ccc(Br)cc1. The lowest BCUT2D eigenvalue weighted by Crippen LogP contribution is -2.43. The molecule has 1 aromatic carbocycles. The van der Waals surface area contributed by atoms with Crippen molar-refractivity contribution in [3.8, 4) is 0 Å². The molecule has 0 aromatic heterocycles. The van der Waals surface area contributed by atoms with Crippen molar-refractivity contribution in [2.45, 2.75) is 39.3 Å². The molecule has 134 valence electrons. The Labute approximate surface area is 154 Å². The van der Waals surface area contributed by atoms with Gasteiger partial charge in [-0.05, 0) is 38.0 Å². The minimum atomic E-state index is -0.967. The summed E-state index contributed by atoms with van der Waals surface area (Å²) in [5.41, 5.74) is 0.915. The van der Waals surface area contributed by atoms with Gasteiger partial charge in [-0.2, -0.15) is 0 Å². The maximum atomic E-state index is 12.3. The molecule has 0 aliphatic carbocycles. The maximum Gasteiger partial charge on any atom is 0.334 e. The van der Waals surface area contributed by atoms with Crippen LogP contribution in [0.1, 0.15) is 38.8 Å². The Hall–Kier alpha value is -2.22. The van der Waals surface area contributed by atoms with Crippen molar-refractivity contribution in [1.82, 2.24) is 15.1 Å². The first-order valence-electron chi connectivity index (χ1n) is 8.00. The molecular weight excluding hydrogens is 390 g/mol. The van der Waals surface area contributed by atoms with Crippen LogP contribution in [0, 0.1) is 0 Å². The molecule has 8 heteroatoms. The van der Waals surface area contributed by atoms with E-state index >= 15 is 0 Å². The molecule has 0 radical (unpaired) electrons. The summed E-state index contributed by atoms with van der Waals surface area (Å²) >= 11 is 3.36. The van der Waals surface area contributed by atoms with Gasteiger partial charge in [0.25, 0.3) is 0 Å². The predicted molar refractivity (Wildman–Crippen MR) is 94.4 cm³/mol. The van der Waals surface area contributed by atoms with Gasteiger partial charge in [-0.25, -0.2) is 9.69 Å². The summed E-state index contributed by atoms with van der Waals surface area (Å²) in [6, 6.07) is 6.07. The summed E-state index contributed by atoms with van der Waals surface area (Å²) < 4.78 is 0.929. The number of nitrogens with one attached hydrogen (secondary N) is 1. The van der Waals surface area contributed by atoms with Gasteiger partial charge in [0.1, 0.15) is 6.54 Å². The van der Waals surface area contributed by atoms with Gasteiger partial charge in [-0.15, -0.1) is 0 Å². The van der Waals surface area contributed by atoms with Crippen LogP contribution in [0.4, 0.5) is 4.79 Å². The van der Waals surface area contributed by atoms with Crippen LogP contribution < -0.4 is 5.32 Å². The van der Waals surface area contributed by atoms with Gasteiger partial charge in [0.15, 0.2) is 0 Å². The first-order chi connectivity index (χ1) is 11.8. The number of carbonyl (C=O) groups is 4. The van der Waals surface area contributed by atoms with Crippen molar-refractivity contribution in [1.29, 1.82) is 0 Å². The summed E-state index contributed by atoms with van der Waals surface area (Å²) in [5.74, 6) is -2.35. The van der Waals surface area contributed by atoms with Crippen molar-refractivity contribution in [3.05, 3.63) is 34.3 Å². The highest BCUT2D eigenvalue weighted by Crippen LogP contribution is 2.20. The molecule has 5 amide bonds. The number of urea groups is 1. The normalized spacial score (nSPS) is 16.0. The summed E-state index contributed by atoms with van der Waals surface area (Å²) in [4.78, 5) is 49.8. The molecule has 0 bridgehead atoms. The van der Waals surface area contributed by atoms with Crippen molar-refractivity contribution >= 4 is 39.7 Å². The highest BCUT2D eigenvalue weighted by molar-refractivity contribution is 9.10. The Bertz CT molecular complexity index is 702. The van der Waals surface area contributed by atoms with Crippen LogP contribution in [0.15, 0.2) is 28.7 Å². The van der Waals surface area contributed by atoms with Crippen LogP contribution in [-0.2, 0) is 14.4 Å². The number of carbonyl (C=O) groups excluding carboxylic acids is 4. The van der Waals surface area contributed by atoms with Crippen LogP contribution in [-0.4, -0.2) is 46.1 Å². The molecule has 1 atom stereocenters. The third kappa shape index (κ3) is 4.07. The van der Waals surface area contributed by atoms with E-state index < -0.39 is 36.3 Å². The smallest absolute Gasteiger partial charge is 0.334 e. The van der Waals surface area contributed by atoms with E-state index in [1.807, 2.05) is 31.2 Å². The van der Waals surface area contributed by atoms with E-state index in [9.17, 15) is 19.2 Å². The van der Waals surface area contributed by atoms with E-state index in [0.717, 1.165) is 14.9 Å². The van der Waals surface area contributed by atoms with E-state index in [-0.39, 0.29) is 6.04 Å². The number of benzene rings is 1. The molecule has 25 heavy (non-hydrogen) atoms. The zero-order valence-corrected chi connectivity index (χ0v) is 15.9. The number of amides is 5. The highest BCUT2D eigenvalue weighted by atomic mass is 79.9. The molecule has 1 saturated heterocycles. The monoisotopic (exact) mass is 409 g/mol. The summed E-state index contributed by atoms with van der Waals surface area (Å²) in [5, 5.41) is 2.80. The zero-order chi connectivity index (χ0) is 18.7. The molecule has 7 nitrogen and oxygen atoms in total. The molecule has 1 aliphatic rings. The Morgan fingerprint density at radius 3 is 2.20 bits per heavy atom. The lowest BCUT2D eigenvalue weighted by Gasteiger charge is -2.20. The first kappa shape index (κ1) is 19.1. The third-order valence-corrected chi connectivity index (χ3v) is 4.45. The average molecular weight is 410 g/mol. The van der Waals surface area contributed by atoms with Gasteiger partial charge in [0, 0.05) is 10.5 Å². The molecule has 1 N–H and O–H groups in total.